The first-order chi connectivity index (χ1) is 13.6. The fourth-order valence-electron chi connectivity index (χ4n) is 3.00. The van der Waals surface area contributed by atoms with Crippen molar-refractivity contribution in [3.8, 4) is 0 Å². The summed E-state index contributed by atoms with van der Waals surface area (Å²) in [5.41, 5.74) is 2.31. The number of carbonyl (C=O) groups excluding carboxylic acids is 1. The van der Waals surface area contributed by atoms with Gasteiger partial charge in [0.1, 0.15) is 12.2 Å². The lowest BCUT2D eigenvalue weighted by Gasteiger charge is -2.22. The van der Waals surface area contributed by atoms with Crippen LogP contribution in [-0.2, 0) is 30.8 Å². The van der Waals surface area contributed by atoms with Crippen LogP contribution in [0.1, 0.15) is 28.7 Å². The summed E-state index contributed by atoms with van der Waals surface area (Å²) in [4.78, 5) is 25.6. The first kappa shape index (κ1) is 19.3. The summed E-state index contributed by atoms with van der Waals surface area (Å²) in [5.74, 6) is -1.24. The van der Waals surface area contributed by atoms with Crippen LogP contribution in [0.2, 0.25) is 0 Å². The maximum atomic E-state index is 13.1. The number of hydrogen-bond donors (Lipinski definition) is 1. The van der Waals surface area contributed by atoms with Gasteiger partial charge in [0.25, 0.3) is 5.91 Å². The van der Waals surface area contributed by atoms with Gasteiger partial charge in [0, 0.05) is 25.5 Å². The van der Waals surface area contributed by atoms with Crippen LogP contribution in [-0.4, -0.2) is 48.0 Å². The van der Waals surface area contributed by atoms with E-state index in [1.807, 2.05) is 48.0 Å². The topological polar surface area (TPSA) is 93.2 Å². The number of carboxylic acid groups (broad SMARTS) is 1. The van der Waals surface area contributed by atoms with Crippen molar-refractivity contribution in [2.75, 3.05) is 6.54 Å². The molecule has 3 aromatic rings. The molecule has 0 bridgehead atoms. The largest absolute Gasteiger partial charge is 0.480 e. The minimum atomic E-state index is -1.00. The summed E-state index contributed by atoms with van der Waals surface area (Å²) in [6.07, 6.45) is 3.94. The summed E-state index contributed by atoms with van der Waals surface area (Å²) in [6, 6.07) is 13.4. The van der Waals surface area contributed by atoms with Crippen molar-refractivity contribution in [1.82, 2.24) is 24.5 Å². The van der Waals surface area contributed by atoms with Gasteiger partial charge >= 0.3 is 5.97 Å². The van der Waals surface area contributed by atoms with Crippen molar-refractivity contribution < 1.29 is 14.7 Å². The highest BCUT2D eigenvalue weighted by atomic mass is 16.4. The zero-order chi connectivity index (χ0) is 19.9. The van der Waals surface area contributed by atoms with Gasteiger partial charge in [-0.1, -0.05) is 30.3 Å². The van der Waals surface area contributed by atoms with Gasteiger partial charge in [0.05, 0.1) is 12.2 Å². The van der Waals surface area contributed by atoms with E-state index in [9.17, 15) is 9.59 Å². The molecule has 146 valence electrons. The highest BCUT2D eigenvalue weighted by Crippen LogP contribution is 2.11. The summed E-state index contributed by atoms with van der Waals surface area (Å²) in [5, 5.41) is 17.3. The zero-order valence-electron chi connectivity index (χ0n) is 15.7. The van der Waals surface area contributed by atoms with Crippen LogP contribution in [0.3, 0.4) is 0 Å². The van der Waals surface area contributed by atoms with Gasteiger partial charge < -0.3 is 10.0 Å². The van der Waals surface area contributed by atoms with Gasteiger partial charge in [-0.15, -0.1) is 0 Å². The molecule has 0 fully saturated rings. The summed E-state index contributed by atoms with van der Waals surface area (Å²) in [6.45, 7) is 3.37. The van der Waals surface area contributed by atoms with Gasteiger partial charge in [-0.05, 0) is 31.0 Å². The predicted octanol–water partition coefficient (Wildman–Crippen LogP) is 2.07. The lowest BCUT2D eigenvalue weighted by Crippen LogP contribution is -2.33. The molecule has 8 heteroatoms. The molecule has 0 aliphatic rings. The molecular weight excluding hydrogens is 358 g/mol. The molecule has 0 saturated carbocycles. The van der Waals surface area contributed by atoms with Crippen molar-refractivity contribution in [1.29, 1.82) is 0 Å². The molecule has 0 aliphatic carbocycles. The first-order valence-electron chi connectivity index (χ1n) is 9.16. The van der Waals surface area contributed by atoms with Gasteiger partial charge in [0.15, 0.2) is 0 Å². The Morgan fingerprint density at radius 2 is 1.93 bits per heavy atom. The molecule has 0 radical (unpaired) electrons. The lowest BCUT2D eigenvalue weighted by molar-refractivity contribution is -0.137. The molecule has 1 N–H and O–H groups in total. The molecule has 0 aliphatic heterocycles. The van der Waals surface area contributed by atoms with E-state index in [1.54, 1.807) is 17.2 Å². The smallest absolute Gasteiger partial charge is 0.325 e. The van der Waals surface area contributed by atoms with Gasteiger partial charge in [0.2, 0.25) is 0 Å². The predicted molar refractivity (Wildman–Crippen MR) is 103 cm³/mol. The van der Waals surface area contributed by atoms with Crippen LogP contribution in [0, 0.1) is 0 Å². The van der Waals surface area contributed by atoms with Crippen LogP contribution >= 0.6 is 0 Å². The van der Waals surface area contributed by atoms with Crippen molar-refractivity contribution in [2.45, 2.75) is 33.0 Å². The Bertz CT molecular complexity index is 932. The fraction of sp³-hybridized carbons (Fsp3) is 0.300. The monoisotopic (exact) mass is 381 g/mol. The second kappa shape index (κ2) is 8.98. The van der Waals surface area contributed by atoms with Gasteiger partial charge in [-0.25, -0.2) is 0 Å². The van der Waals surface area contributed by atoms with Crippen LogP contribution in [0.15, 0.2) is 54.9 Å². The Balaban J connectivity index is 1.78. The SMILES string of the molecule is CCn1nccc1CN(CCc1ccccc1)C(=O)c1ccn(CC(=O)O)n1. The number of rotatable bonds is 9. The minimum absolute atomic E-state index is 0.232. The van der Waals surface area contributed by atoms with E-state index in [0.29, 0.717) is 19.5 Å². The molecule has 2 heterocycles. The van der Waals surface area contributed by atoms with Crippen LogP contribution in [0.5, 0.6) is 0 Å². The lowest BCUT2D eigenvalue weighted by atomic mass is 10.1. The van der Waals surface area contributed by atoms with Gasteiger partial charge in [-0.3, -0.25) is 19.0 Å². The molecule has 3 rings (SSSR count). The van der Waals surface area contributed by atoms with E-state index >= 15 is 0 Å². The number of hydrogen-bond acceptors (Lipinski definition) is 4. The summed E-state index contributed by atoms with van der Waals surface area (Å²) >= 11 is 0. The van der Waals surface area contributed by atoms with Crippen molar-refractivity contribution in [3.63, 3.8) is 0 Å². The third kappa shape index (κ3) is 4.85. The Labute approximate surface area is 163 Å². The molecule has 1 aromatic carbocycles. The van der Waals surface area contributed by atoms with E-state index in [-0.39, 0.29) is 18.1 Å². The molecule has 0 saturated heterocycles. The van der Waals surface area contributed by atoms with E-state index in [2.05, 4.69) is 10.2 Å². The number of amides is 1. The molecule has 0 unspecified atom stereocenters. The molecule has 0 spiro atoms. The maximum Gasteiger partial charge on any atom is 0.325 e. The Hall–Kier alpha value is -3.42. The molecular formula is C20H23N5O3. The van der Waals surface area contributed by atoms with E-state index in [1.165, 1.54) is 10.9 Å². The van der Waals surface area contributed by atoms with E-state index < -0.39 is 5.97 Å². The van der Waals surface area contributed by atoms with Crippen molar-refractivity contribution in [3.05, 3.63) is 71.8 Å². The summed E-state index contributed by atoms with van der Waals surface area (Å²) in [7, 11) is 0. The number of aliphatic carboxylic acids is 1. The molecule has 8 nitrogen and oxygen atoms in total. The number of nitrogens with zero attached hydrogens (tertiary/aromatic N) is 5. The van der Waals surface area contributed by atoms with Crippen LogP contribution < -0.4 is 0 Å². The van der Waals surface area contributed by atoms with Gasteiger partial charge in [-0.2, -0.15) is 10.2 Å². The maximum absolute atomic E-state index is 13.1. The number of aromatic nitrogens is 4. The first-order valence-corrected chi connectivity index (χ1v) is 9.16. The molecule has 0 atom stereocenters. The number of aryl methyl sites for hydroxylation is 1. The van der Waals surface area contributed by atoms with Crippen molar-refractivity contribution in [2.24, 2.45) is 0 Å². The third-order valence-electron chi connectivity index (χ3n) is 4.41. The Kier molecular flexibility index (Phi) is 6.21. The normalized spacial score (nSPS) is 10.8. The average Bonchev–Trinajstić information content (AvgIpc) is 3.34. The van der Waals surface area contributed by atoms with Crippen molar-refractivity contribution >= 4 is 11.9 Å². The average molecular weight is 381 g/mol. The highest BCUT2D eigenvalue weighted by Gasteiger charge is 2.20. The Morgan fingerprint density at radius 3 is 2.64 bits per heavy atom. The standard InChI is InChI=1S/C20H23N5O3/c1-2-25-17(8-11-21-25)14-23(12-9-16-6-4-3-5-7-16)20(28)18-10-13-24(22-18)15-19(26)27/h3-8,10-11,13H,2,9,12,14-15H2,1H3,(H,26,27). The third-order valence-corrected chi connectivity index (χ3v) is 4.41. The number of carboxylic acids is 1. The molecule has 28 heavy (non-hydrogen) atoms. The second-order valence-corrected chi connectivity index (χ2v) is 6.39. The second-order valence-electron chi connectivity index (χ2n) is 6.39. The molecule has 1 amide bonds. The van der Waals surface area contributed by atoms with Crippen LogP contribution in [0.25, 0.3) is 0 Å². The number of carbonyl (C=O) groups is 2. The minimum Gasteiger partial charge on any atom is -0.480 e. The quantitative estimate of drug-likeness (QED) is 0.612. The van der Waals surface area contributed by atoms with Crippen LogP contribution in [0.4, 0.5) is 0 Å². The highest BCUT2D eigenvalue weighted by molar-refractivity contribution is 5.92. The van der Waals surface area contributed by atoms with E-state index in [0.717, 1.165) is 17.8 Å². The molecule has 2 aromatic heterocycles. The fourth-order valence-corrected chi connectivity index (χ4v) is 3.00. The zero-order valence-corrected chi connectivity index (χ0v) is 15.7. The number of benzene rings is 1. The summed E-state index contributed by atoms with van der Waals surface area (Å²) < 4.78 is 3.10. The Morgan fingerprint density at radius 1 is 1.14 bits per heavy atom. The van der Waals surface area contributed by atoms with E-state index in [4.69, 9.17) is 5.11 Å².